The smallest absolute Gasteiger partial charge is 0.338 e. The maximum absolute atomic E-state index is 13.2. The number of hydrogen-bond donors (Lipinski definition) is 1. The van der Waals surface area contributed by atoms with Crippen molar-refractivity contribution in [3.63, 3.8) is 0 Å². The summed E-state index contributed by atoms with van der Waals surface area (Å²) >= 11 is 0. The standard InChI is InChI=1S/C22H20F3N5O3S/c1-2-11-26-34(32,33)18-8-5-15(6-9-18)21(31)29-12-3-4-16(13-29)20-28-27-19-10-7-17(14-30(19)20)22(23,24)25/h1,5-10,14,16,26H,3-4,11-13H2. The number of nitrogens with one attached hydrogen (secondary N) is 1. The van der Waals surface area contributed by atoms with Gasteiger partial charge in [0.05, 0.1) is 17.0 Å². The molecule has 1 atom stereocenters. The summed E-state index contributed by atoms with van der Waals surface area (Å²) in [7, 11) is -3.78. The number of nitrogens with zero attached hydrogens (tertiary/aromatic N) is 4. The van der Waals surface area contributed by atoms with E-state index in [1.54, 1.807) is 4.90 Å². The Hall–Kier alpha value is -3.43. The third-order valence-corrected chi connectivity index (χ3v) is 7.02. The predicted molar refractivity (Wildman–Crippen MR) is 116 cm³/mol. The molecule has 3 aromatic rings. The maximum atomic E-state index is 13.2. The van der Waals surface area contributed by atoms with Crippen molar-refractivity contribution in [3.05, 3.63) is 59.5 Å². The maximum Gasteiger partial charge on any atom is 0.417 e. The van der Waals surface area contributed by atoms with Crippen molar-refractivity contribution >= 4 is 21.6 Å². The van der Waals surface area contributed by atoms with Gasteiger partial charge in [0.15, 0.2) is 5.65 Å². The zero-order valence-corrected chi connectivity index (χ0v) is 18.6. The van der Waals surface area contributed by atoms with E-state index >= 15 is 0 Å². The topological polar surface area (TPSA) is 96.7 Å². The number of carbonyl (C=O) groups is 1. The minimum absolute atomic E-state index is 0.0220. The SMILES string of the molecule is C#CCNS(=O)(=O)c1ccc(C(=O)N2CCCC(c3nnc4ccc(C(F)(F)F)cn34)C2)cc1. The molecule has 178 valence electrons. The van der Waals surface area contributed by atoms with Crippen LogP contribution in [0.15, 0.2) is 47.5 Å². The van der Waals surface area contributed by atoms with Crippen LogP contribution in [0.4, 0.5) is 13.2 Å². The second kappa shape index (κ2) is 9.08. The second-order valence-corrected chi connectivity index (χ2v) is 9.61. The Bertz CT molecular complexity index is 1360. The molecule has 0 aliphatic carbocycles. The van der Waals surface area contributed by atoms with Gasteiger partial charge in [0.25, 0.3) is 5.91 Å². The number of aromatic nitrogens is 3. The van der Waals surface area contributed by atoms with E-state index in [1.807, 2.05) is 0 Å². The Kier molecular flexibility index (Phi) is 6.33. The lowest BCUT2D eigenvalue weighted by Gasteiger charge is -2.32. The van der Waals surface area contributed by atoms with Crippen molar-refractivity contribution in [1.82, 2.24) is 24.2 Å². The number of benzene rings is 1. The summed E-state index contributed by atoms with van der Waals surface area (Å²) in [5.41, 5.74) is -0.222. The van der Waals surface area contributed by atoms with Gasteiger partial charge in [-0.15, -0.1) is 16.6 Å². The molecule has 4 rings (SSSR count). The van der Waals surface area contributed by atoms with Gasteiger partial charge in [-0.05, 0) is 49.2 Å². The number of likely N-dealkylation sites (tertiary alicyclic amines) is 1. The van der Waals surface area contributed by atoms with Gasteiger partial charge in [-0.2, -0.15) is 17.9 Å². The second-order valence-electron chi connectivity index (χ2n) is 7.85. The summed E-state index contributed by atoms with van der Waals surface area (Å²) in [5, 5.41) is 8.06. The summed E-state index contributed by atoms with van der Waals surface area (Å²) in [5.74, 6) is 1.93. The first-order chi connectivity index (χ1) is 16.1. The van der Waals surface area contributed by atoms with E-state index in [9.17, 15) is 26.4 Å². The summed E-state index contributed by atoms with van der Waals surface area (Å²) in [6, 6.07) is 7.68. The highest BCUT2D eigenvalue weighted by Gasteiger charge is 2.33. The van der Waals surface area contributed by atoms with Gasteiger partial charge >= 0.3 is 6.18 Å². The van der Waals surface area contributed by atoms with E-state index in [4.69, 9.17) is 6.42 Å². The van der Waals surface area contributed by atoms with E-state index in [1.165, 1.54) is 34.7 Å². The van der Waals surface area contributed by atoms with Gasteiger partial charge in [0.1, 0.15) is 5.82 Å². The predicted octanol–water partition coefficient (Wildman–Crippen LogP) is 2.68. The minimum Gasteiger partial charge on any atom is -0.338 e. The van der Waals surface area contributed by atoms with Crippen LogP contribution in [-0.4, -0.2) is 53.5 Å². The molecule has 1 saturated heterocycles. The molecule has 1 N–H and O–H groups in total. The van der Waals surface area contributed by atoms with Crippen LogP contribution in [0.5, 0.6) is 0 Å². The van der Waals surface area contributed by atoms with Crippen LogP contribution >= 0.6 is 0 Å². The minimum atomic E-state index is -4.50. The normalized spacial score (nSPS) is 17.0. The summed E-state index contributed by atoms with van der Waals surface area (Å²) < 4.78 is 67.3. The van der Waals surface area contributed by atoms with E-state index in [0.717, 1.165) is 12.3 Å². The third kappa shape index (κ3) is 4.76. The molecule has 0 bridgehead atoms. The fourth-order valence-corrected chi connectivity index (χ4v) is 4.84. The average Bonchev–Trinajstić information content (AvgIpc) is 3.25. The Morgan fingerprint density at radius 2 is 1.91 bits per heavy atom. The Morgan fingerprint density at radius 1 is 1.18 bits per heavy atom. The molecule has 1 amide bonds. The molecular weight excluding hydrogens is 471 g/mol. The summed E-state index contributed by atoms with van der Waals surface area (Å²) in [6.07, 6.45) is 2.82. The molecule has 3 heterocycles. The molecule has 8 nitrogen and oxygen atoms in total. The van der Waals surface area contributed by atoms with E-state index < -0.39 is 21.8 Å². The van der Waals surface area contributed by atoms with Crippen LogP contribution in [0.1, 0.15) is 40.5 Å². The van der Waals surface area contributed by atoms with E-state index in [2.05, 4.69) is 20.8 Å². The van der Waals surface area contributed by atoms with Crippen molar-refractivity contribution < 1.29 is 26.4 Å². The van der Waals surface area contributed by atoms with E-state index in [-0.39, 0.29) is 29.8 Å². The largest absolute Gasteiger partial charge is 0.417 e. The molecule has 12 heteroatoms. The van der Waals surface area contributed by atoms with Crippen molar-refractivity contribution in [2.24, 2.45) is 0 Å². The fourth-order valence-electron chi connectivity index (χ4n) is 3.91. The van der Waals surface area contributed by atoms with Crippen molar-refractivity contribution in [1.29, 1.82) is 0 Å². The molecule has 1 aromatic carbocycles. The van der Waals surface area contributed by atoms with Crippen molar-refractivity contribution in [2.75, 3.05) is 19.6 Å². The lowest BCUT2D eigenvalue weighted by molar-refractivity contribution is -0.137. The quantitative estimate of drug-likeness (QED) is 0.554. The van der Waals surface area contributed by atoms with Crippen LogP contribution in [0, 0.1) is 12.3 Å². The number of fused-ring (bicyclic) bond motifs is 1. The zero-order chi connectivity index (χ0) is 24.5. The van der Waals surface area contributed by atoms with Crippen LogP contribution in [0.3, 0.4) is 0 Å². The zero-order valence-electron chi connectivity index (χ0n) is 17.8. The molecule has 34 heavy (non-hydrogen) atoms. The van der Waals surface area contributed by atoms with Crippen LogP contribution in [0.25, 0.3) is 5.65 Å². The van der Waals surface area contributed by atoms with Gasteiger partial charge in [-0.3, -0.25) is 9.20 Å². The van der Waals surface area contributed by atoms with Crippen molar-refractivity contribution in [2.45, 2.75) is 29.8 Å². The molecule has 0 radical (unpaired) electrons. The molecule has 0 saturated carbocycles. The average molecular weight is 491 g/mol. The number of alkyl halides is 3. The Balaban J connectivity index is 1.53. The first kappa shape index (κ1) is 23.7. The number of piperidine rings is 1. The molecule has 1 unspecified atom stereocenters. The number of rotatable bonds is 5. The number of amides is 1. The Labute approximate surface area is 193 Å². The molecule has 0 spiro atoms. The number of pyridine rings is 1. The Morgan fingerprint density at radius 3 is 2.59 bits per heavy atom. The van der Waals surface area contributed by atoms with Gasteiger partial charge in [-0.1, -0.05) is 5.92 Å². The first-order valence-corrected chi connectivity index (χ1v) is 11.8. The summed E-state index contributed by atoms with van der Waals surface area (Å²) in [4.78, 5) is 14.6. The number of terminal acetylenes is 1. The molecule has 1 fully saturated rings. The number of sulfonamides is 1. The number of hydrogen-bond acceptors (Lipinski definition) is 5. The highest BCUT2D eigenvalue weighted by Crippen LogP contribution is 2.31. The molecule has 2 aromatic heterocycles. The van der Waals surface area contributed by atoms with Crippen LogP contribution in [0.2, 0.25) is 0 Å². The highest BCUT2D eigenvalue weighted by molar-refractivity contribution is 7.89. The highest BCUT2D eigenvalue weighted by atomic mass is 32.2. The monoisotopic (exact) mass is 491 g/mol. The van der Waals surface area contributed by atoms with Gasteiger partial charge in [-0.25, -0.2) is 8.42 Å². The first-order valence-electron chi connectivity index (χ1n) is 10.3. The van der Waals surface area contributed by atoms with Crippen molar-refractivity contribution in [3.8, 4) is 12.3 Å². The van der Waals surface area contributed by atoms with Crippen LogP contribution in [-0.2, 0) is 16.2 Å². The molecule has 1 aliphatic rings. The third-order valence-electron chi connectivity index (χ3n) is 5.61. The van der Waals surface area contributed by atoms with Gasteiger partial charge in [0.2, 0.25) is 10.0 Å². The lowest BCUT2D eigenvalue weighted by Crippen LogP contribution is -2.39. The van der Waals surface area contributed by atoms with E-state index in [0.29, 0.717) is 36.4 Å². The summed E-state index contributed by atoms with van der Waals surface area (Å²) in [6.45, 7) is 0.559. The fraction of sp³-hybridized carbons (Fsp3) is 0.318. The van der Waals surface area contributed by atoms with Gasteiger partial charge in [0, 0.05) is 30.8 Å². The lowest BCUT2D eigenvalue weighted by atomic mass is 9.96. The molecular formula is C22H20F3N5O3S. The molecule has 1 aliphatic heterocycles. The van der Waals surface area contributed by atoms with Gasteiger partial charge < -0.3 is 4.90 Å². The number of halogens is 3. The van der Waals surface area contributed by atoms with Crippen LogP contribution < -0.4 is 4.72 Å². The number of carbonyl (C=O) groups excluding carboxylic acids is 1.